The van der Waals surface area contributed by atoms with Crippen molar-refractivity contribution in [1.82, 2.24) is 5.32 Å². The van der Waals surface area contributed by atoms with Gasteiger partial charge in [0, 0.05) is 10.7 Å². The highest BCUT2D eigenvalue weighted by Crippen LogP contribution is 2.17. The highest BCUT2D eigenvalue weighted by atomic mass is 35.5. The molecular formula is C18H16ClF3N2O2. The molecule has 0 aliphatic heterocycles. The third kappa shape index (κ3) is 6.76. The number of rotatable bonds is 6. The first-order chi connectivity index (χ1) is 12.2. The maximum Gasteiger partial charge on any atom is 0.405 e. The molecule has 0 spiro atoms. The lowest BCUT2D eigenvalue weighted by Gasteiger charge is -2.09. The molecule has 138 valence electrons. The molecule has 26 heavy (non-hydrogen) atoms. The summed E-state index contributed by atoms with van der Waals surface area (Å²) < 4.78 is 36.1. The number of alkyl halides is 3. The van der Waals surface area contributed by atoms with Gasteiger partial charge in [0.15, 0.2) is 0 Å². The van der Waals surface area contributed by atoms with Crippen LogP contribution in [0, 0.1) is 0 Å². The monoisotopic (exact) mass is 384 g/mol. The Morgan fingerprint density at radius 3 is 2.19 bits per heavy atom. The van der Waals surface area contributed by atoms with E-state index in [9.17, 15) is 22.8 Å². The standard InChI is InChI=1S/C18H16ClF3N2O2/c19-15-4-2-1-3-13(15)10-17(26)24-14-7-5-12(6-8-14)9-16(25)23-11-18(20,21)22/h1-8H,9-11H2,(H,23,25)(H,24,26). The Morgan fingerprint density at radius 1 is 0.923 bits per heavy atom. The van der Waals surface area contributed by atoms with Crippen molar-refractivity contribution in [2.45, 2.75) is 19.0 Å². The summed E-state index contributed by atoms with van der Waals surface area (Å²) in [7, 11) is 0. The molecule has 0 aliphatic carbocycles. The molecule has 8 heteroatoms. The minimum absolute atomic E-state index is 0.112. The summed E-state index contributed by atoms with van der Waals surface area (Å²) >= 11 is 6.01. The van der Waals surface area contributed by atoms with E-state index in [-0.39, 0.29) is 18.7 Å². The van der Waals surface area contributed by atoms with Crippen LogP contribution in [0.4, 0.5) is 18.9 Å². The molecule has 0 bridgehead atoms. The van der Waals surface area contributed by atoms with Gasteiger partial charge in [-0.1, -0.05) is 41.9 Å². The molecule has 2 aromatic carbocycles. The van der Waals surface area contributed by atoms with Gasteiger partial charge in [-0.05, 0) is 29.3 Å². The van der Waals surface area contributed by atoms with Gasteiger partial charge in [0.25, 0.3) is 0 Å². The van der Waals surface area contributed by atoms with E-state index in [0.717, 1.165) is 0 Å². The number of amides is 2. The first-order valence-corrected chi connectivity index (χ1v) is 8.06. The molecule has 0 heterocycles. The molecule has 0 saturated heterocycles. The van der Waals surface area contributed by atoms with Crippen molar-refractivity contribution in [2.24, 2.45) is 0 Å². The molecule has 0 saturated carbocycles. The van der Waals surface area contributed by atoms with Crippen LogP contribution in [0.3, 0.4) is 0 Å². The Kier molecular flexibility index (Phi) is 6.63. The van der Waals surface area contributed by atoms with Crippen LogP contribution in [0.15, 0.2) is 48.5 Å². The fraction of sp³-hybridized carbons (Fsp3) is 0.222. The van der Waals surface area contributed by atoms with E-state index in [0.29, 0.717) is 21.8 Å². The first-order valence-electron chi connectivity index (χ1n) is 7.68. The average Bonchev–Trinajstić information content (AvgIpc) is 2.56. The fourth-order valence-electron chi connectivity index (χ4n) is 2.17. The van der Waals surface area contributed by atoms with Crippen LogP contribution in [0.2, 0.25) is 5.02 Å². The van der Waals surface area contributed by atoms with Gasteiger partial charge in [-0.3, -0.25) is 9.59 Å². The summed E-state index contributed by atoms with van der Waals surface area (Å²) in [6.07, 6.45) is -4.50. The zero-order chi connectivity index (χ0) is 19.2. The van der Waals surface area contributed by atoms with E-state index < -0.39 is 18.6 Å². The minimum Gasteiger partial charge on any atom is -0.347 e. The highest BCUT2D eigenvalue weighted by molar-refractivity contribution is 6.31. The quantitative estimate of drug-likeness (QED) is 0.797. The average molecular weight is 385 g/mol. The molecule has 2 aromatic rings. The fourth-order valence-corrected chi connectivity index (χ4v) is 2.38. The third-order valence-electron chi connectivity index (χ3n) is 3.40. The van der Waals surface area contributed by atoms with Crippen LogP contribution < -0.4 is 10.6 Å². The largest absolute Gasteiger partial charge is 0.405 e. The molecule has 0 aliphatic rings. The van der Waals surface area contributed by atoms with E-state index in [1.807, 2.05) is 0 Å². The van der Waals surface area contributed by atoms with Crippen LogP contribution in [0.5, 0.6) is 0 Å². The molecular weight excluding hydrogens is 369 g/mol. The molecule has 0 fully saturated rings. The smallest absolute Gasteiger partial charge is 0.347 e. The van der Waals surface area contributed by atoms with Crippen molar-refractivity contribution >= 4 is 29.1 Å². The lowest BCUT2D eigenvalue weighted by molar-refractivity contribution is -0.138. The number of carbonyl (C=O) groups excluding carboxylic acids is 2. The van der Waals surface area contributed by atoms with Crippen molar-refractivity contribution in [2.75, 3.05) is 11.9 Å². The molecule has 4 nitrogen and oxygen atoms in total. The van der Waals surface area contributed by atoms with Gasteiger partial charge < -0.3 is 10.6 Å². The van der Waals surface area contributed by atoms with E-state index in [1.165, 1.54) is 0 Å². The lowest BCUT2D eigenvalue weighted by Crippen LogP contribution is -2.34. The summed E-state index contributed by atoms with van der Waals surface area (Å²) in [6.45, 7) is -1.36. The zero-order valence-electron chi connectivity index (χ0n) is 13.6. The van der Waals surface area contributed by atoms with Crippen LogP contribution in [-0.2, 0) is 22.4 Å². The topological polar surface area (TPSA) is 58.2 Å². The summed E-state index contributed by atoms with van der Waals surface area (Å²) in [5, 5.41) is 5.00. The highest BCUT2D eigenvalue weighted by Gasteiger charge is 2.27. The number of nitrogens with one attached hydrogen (secondary N) is 2. The second-order valence-electron chi connectivity index (χ2n) is 5.58. The van der Waals surface area contributed by atoms with Crippen molar-refractivity contribution in [3.63, 3.8) is 0 Å². The van der Waals surface area contributed by atoms with E-state index >= 15 is 0 Å². The molecule has 2 amide bonds. The number of hydrogen-bond donors (Lipinski definition) is 2. The van der Waals surface area contributed by atoms with Gasteiger partial charge in [-0.2, -0.15) is 13.2 Å². The summed E-state index contributed by atoms with van der Waals surface area (Å²) in [5.41, 5.74) is 1.75. The zero-order valence-corrected chi connectivity index (χ0v) is 14.3. The number of carbonyl (C=O) groups is 2. The third-order valence-corrected chi connectivity index (χ3v) is 3.77. The van der Waals surface area contributed by atoms with Gasteiger partial charge >= 0.3 is 6.18 Å². The van der Waals surface area contributed by atoms with Crippen molar-refractivity contribution in [3.8, 4) is 0 Å². The summed E-state index contributed by atoms with van der Waals surface area (Å²) in [5.74, 6) is -0.980. The molecule has 2 N–H and O–H groups in total. The van der Waals surface area contributed by atoms with Crippen LogP contribution in [0.25, 0.3) is 0 Å². The van der Waals surface area contributed by atoms with E-state index in [1.54, 1.807) is 53.8 Å². The minimum atomic E-state index is -4.44. The lowest BCUT2D eigenvalue weighted by atomic mass is 10.1. The molecule has 0 radical (unpaired) electrons. The molecule has 2 rings (SSSR count). The van der Waals surface area contributed by atoms with Gasteiger partial charge in [0.05, 0.1) is 12.8 Å². The summed E-state index contributed by atoms with van der Waals surface area (Å²) in [4.78, 5) is 23.5. The Morgan fingerprint density at radius 2 is 1.58 bits per heavy atom. The number of hydrogen-bond acceptors (Lipinski definition) is 2. The SMILES string of the molecule is O=C(Cc1ccc(NC(=O)Cc2ccccc2Cl)cc1)NCC(F)(F)F. The Hall–Kier alpha value is -2.54. The maximum absolute atomic E-state index is 12.0. The van der Waals surface area contributed by atoms with Crippen LogP contribution in [-0.4, -0.2) is 24.5 Å². The Bertz CT molecular complexity index is 777. The van der Waals surface area contributed by atoms with E-state index in [4.69, 9.17) is 11.6 Å². The normalized spacial score (nSPS) is 11.1. The van der Waals surface area contributed by atoms with Crippen molar-refractivity contribution in [1.29, 1.82) is 0 Å². The van der Waals surface area contributed by atoms with Crippen LogP contribution in [0.1, 0.15) is 11.1 Å². The van der Waals surface area contributed by atoms with Gasteiger partial charge in [-0.15, -0.1) is 0 Å². The van der Waals surface area contributed by atoms with Crippen molar-refractivity contribution < 1.29 is 22.8 Å². The summed E-state index contributed by atoms with van der Waals surface area (Å²) in [6, 6.07) is 13.3. The van der Waals surface area contributed by atoms with Gasteiger partial charge in [0.1, 0.15) is 6.54 Å². The second kappa shape index (κ2) is 8.71. The molecule has 0 aromatic heterocycles. The predicted molar refractivity (Wildman–Crippen MR) is 93.0 cm³/mol. The number of anilines is 1. The van der Waals surface area contributed by atoms with Gasteiger partial charge in [0.2, 0.25) is 11.8 Å². The Balaban J connectivity index is 1.86. The maximum atomic E-state index is 12.0. The first kappa shape index (κ1) is 19.8. The van der Waals surface area contributed by atoms with Crippen molar-refractivity contribution in [3.05, 3.63) is 64.7 Å². The second-order valence-corrected chi connectivity index (χ2v) is 5.99. The molecule has 0 unspecified atom stereocenters. The number of halogens is 4. The molecule has 0 atom stereocenters. The Labute approximate surface area is 153 Å². The number of benzene rings is 2. The van der Waals surface area contributed by atoms with Crippen LogP contribution >= 0.6 is 11.6 Å². The van der Waals surface area contributed by atoms with E-state index in [2.05, 4.69) is 5.32 Å². The van der Waals surface area contributed by atoms with Gasteiger partial charge in [-0.25, -0.2) is 0 Å². The predicted octanol–water partition coefficient (Wildman–Crippen LogP) is 3.74.